The molecule has 0 spiro atoms. The number of halogens is 1. The Morgan fingerprint density at radius 3 is 2.57 bits per heavy atom. The number of anilines is 2. The highest BCUT2D eigenvalue weighted by Crippen LogP contribution is 2.25. The van der Waals surface area contributed by atoms with E-state index in [0.717, 1.165) is 37.2 Å². The summed E-state index contributed by atoms with van der Waals surface area (Å²) in [5, 5.41) is 5.42. The van der Waals surface area contributed by atoms with Gasteiger partial charge in [0.2, 0.25) is 11.8 Å². The SMILES string of the molecule is O=C(CCc1cccc(OC2CCCC2)c1)Nc1ccc(F)c(NC(=O)CCN2CCOCC2)c1. The fraction of sp³-hybridized carbons (Fsp3) is 0.481. The molecule has 0 atom stereocenters. The number of nitrogens with zero attached hydrogens (tertiary/aromatic N) is 1. The summed E-state index contributed by atoms with van der Waals surface area (Å²) in [5.41, 5.74) is 1.53. The maximum Gasteiger partial charge on any atom is 0.225 e. The van der Waals surface area contributed by atoms with Crippen LogP contribution in [0.25, 0.3) is 0 Å². The van der Waals surface area contributed by atoms with Gasteiger partial charge in [-0.25, -0.2) is 4.39 Å². The van der Waals surface area contributed by atoms with Crippen LogP contribution in [0.2, 0.25) is 0 Å². The molecule has 0 unspecified atom stereocenters. The van der Waals surface area contributed by atoms with E-state index >= 15 is 0 Å². The maximum absolute atomic E-state index is 14.2. The lowest BCUT2D eigenvalue weighted by Crippen LogP contribution is -2.38. The van der Waals surface area contributed by atoms with Gasteiger partial charge >= 0.3 is 0 Å². The Morgan fingerprint density at radius 1 is 1.00 bits per heavy atom. The second-order valence-electron chi connectivity index (χ2n) is 9.17. The van der Waals surface area contributed by atoms with Gasteiger partial charge < -0.3 is 20.1 Å². The molecule has 8 heteroatoms. The highest BCUT2D eigenvalue weighted by Gasteiger charge is 2.17. The van der Waals surface area contributed by atoms with Crippen molar-refractivity contribution in [3.8, 4) is 5.75 Å². The van der Waals surface area contributed by atoms with Crippen LogP contribution < -0.4 is 15.4 Å². The highest BCUT2D eigenvalue weighted by atomic mass is 19.1. The first kappa shape index (κ1) is 25.1. The zero-order chi connectivity index (χ0) is 24.5. The molecule has 4 rings (SSSR count). The van der Waals surface area contributed by atoms with E-state index in [0.29, 0.717) is 38.0 Å². The van der Waals surface area contributed by atoms with Gasteiger partial charge in [0.15, 0.2) is 0 Å². The molecular formula is C27H34FN3O4. The van der Waals surface area contributed by atoms with E-state index in [4.69, 9.17) is 9.47 Å². The molecule has 0 bridgehead atoms. The number of ether oxygens (including phenoxy) is 2. The summed E-state index contributed by atoms with van der Waals surface area (Å²) in [6, 6.07) is 12.1. The zero-order valence-corrected chi connectivity index (χ0v) is 20.1. The Bertz CT molecular complexity index is 1000. The third kappa shape index (κ3) is 8.04. The minimum atomic E-state index is -0.540. The van der Waals surface area contributed by atoms with E-state index in [2.05, 4.69) is 15.5 Å². The summed E-state index contributed by atoms with van der Waals surface area (Å²) in [7, 11) is 0. The van der Waals surface area contributed by atoms with Crippen LogP contribution in [-0.2, 0) is 20.7 Å². The van der Waals surface area contributed by atoms with Gasteiger partial charge in [0.1, 0.15) is 11.6 Å². The summed E-state index contributed by atoms with van der Waals surface area (Å²) < 4.78 is 25.6. The van der Waals surface area contributed by atoms with Crippen LogP contribution in [0.1, 0.15) is 44.1 Å². The topological polar surface area (TPSA) is 79.9 Å². The van der Waals surface area contributed by atoms with Crippen molar-refractivity contribution in [3.63, 3.8) is 0 Å². The van der Waals surface area contributed by atoms with Gasteiger partial charge in [-0.2, -0.15) is 0 Å². The lowest BCUT2D eigenvalue weighted by atomic mass is 10.1. The molecule has 35 heavy (non-hydrogen) atoms. The van der Waals surface area contributed by atoms with Crippen molar-refractivity contribution in [3.05, 3.63) is 53.8 Å². The number of carbonyl (C=O) groups excluding carboxylic acids is 2. The van der Waals surface area contributed by atoms with E-state index in [1.54, 1.807) is 0 Å². The van der Waals surface area contributed by atoms with Crippen molar-refractivity contribution in [2.24, 2.45) is 0 Å². The number of benzene rings is 2. The number of carbonyl (C=O) groups is 2. The second-order valence-corrected chi connectivity index (χ2v) is 9.17. The predicted octanol–water partition coefficient (Wildman–Crippen LogP) is 4.38. The molecule has 2 aromatic carbocycles. The fourth-order valence-electron chi connectivity index (χ4n) is 4.45. The lowest BCUT2D eigenvalue weighted by molar-refractivity contribution is -0.117. The van der Waals surface area contributed by atoms with Gasteiger partial charge in [0.25, 0.3) is 0 Å². The molecule has 1 heterocycles. The van der Waals surface area contributed by atoms with E-state index < -0.39 is 5.82 Å². The number of hydrogen-bond donors (Lipinski definition) is 2. The lowest BCUT2D eigenvalue weighted by Gasteiger charge is -2.26. The molecule has 188 valence electrons. The van der Waals surface area contributed by atoms with Crippen LogP contribution >= 0.6 is 0 Å². The Balaban J connectivity index is 1.24. The molecule has 1 aliphatic heterocycles. The third-order valence-corrected chi connectivity index (χ3v) is 6.43. The van der Waals surface area contributed by atoms with Gasteiger partial charge in [0, 0.05) is 38.2 Å². The number of nitrogens with one attached hydrogen (secondary N) is 2. The molecule has 0 radical (unpaired) electrons. The van der Waals surface area contributed by atoms with Crippen molar-refractivity contribution < 1.29 is 23.5 Å². The molecule has 2 fully saturated rings. The average Bonchev–Trinajstić information content (AvgIpc) is 3.37. The summed E-state index contributed by atoms with van der Waals surface area (Å²) in [6.45, 7) is 3.51. The van der Waals surface area contributed by atoms with E-state index in [-0.39, 0.29) is 30.3 Å². The Labute approximate surface area is 206 Å². The minimum Gasteiger partial charge on any atom is -0.490 e. The molecule has 2 N–H and O–H groups in total. The smallest absolute Gasteiger partial charge is 0.225 e. The Hall–Kier alpha value is -2.97. The monoisotopic (exact) mass is 483 g/mol. The normalized spacial score (nSPS) is 16.7. The summed E-state index contributed by atoms with van der Waals surface area (Å²) in [4.78, 5) is 27.0. The number of aryl methyl sites for hydroxylation is 1. The molecule has 0 aromatic heterocycles. The first-order valence-electron chi connectivity index (χ1n) is 12.5. The van der Waals surface area contributed by atoms with Crippen molar-refractivity contribution >= 4 is 23.2 Å². The summed E-state index contributed by atoms with van der Waals surface area (Å²) >= 11 is 0. The molecule has 1 saturated carbocycles. The van der Waals surface area contributed by atoms with E-state index in [9.17, 15) is 14.0 Å². The maximum atomic E-state index is 14.2. The number of amides is 2. The number of rotatable bonds is 10. The zero-order valence-electron chi connectivity index (χ0n) is 20.1. The van der Waals surface area contributed by atoms with Crippen molar-refractivity contribution in [1.82, 2.24) is 4.90 Å². The Kier molecular flexibility index (Phi) is 9.08. The van der Waals surface area contributed by atoms with Crippen LogP contribution in [0.5, 0.6) is 5.75 Å². The van der Waals surface area contributed by atoms with Crippen LogP contribution in [0.15, 0.2) is 42.5 Å². The van der Waals surface area contributed by atoms with Gasteiger partial charge in [0.05, 0.1) is 25.0 Å². The van der Waals surface area contributed by atoms with E-state index in [1.165, 1.54) is 31.0 Å². The molecular weight excluding hydrogens is 449 g/mol. The predicted molar refractivity (Wildman–Crippen MR) is 133 cm³/mol. The van der Waals surface area contributed by atoms with Gasteiger partial charge in [-0.3, -0.25) is 14.5 Å². The van der Waals surface area contributed by atoms with Crippen LogP contribution in [0.3, 0.4) is 0 Å². The fourth-order valence-corrected chi connectivity index (χ4v) is 4.45. The number of hydrogen-bond acceptors (Lipinski definition) is 5. The Morgan fingerprint density at radius 2 is 1.77 bits per heavy atom. The molecule has 2 amide bonds. The standard InChI is InChI=1S/C27H34FN3O4/c28-24-10-9-21(19-25(24)30-27(33)12-13-31-14-16-34-17-15-31)29-26(32)11-8-20-4-3-7-23(18-20)35-22-5-1-2-6-22/h3-4,7,9-10,18-19,22H,1-2,5-6,8,11-17H2,(H,29,32)(H,30,33). The van der Waals surface area contributed by atoms with E-state index in [1.807, 2.05) is 24.3 Å². The third-order valence-electron chi connectivity index (χ3n) is 6.43. The molecule has 1 saturated heterocycles. The van der Waals surface area contributed by atoms with Gasteiger partial charge in [-0.15, -0.1) is 0 Å². The molecule has 2 aromatic rings. The molecule has 7 nitrogen and oxygen atoms in total. The first-order valence-corrected chi connectivity index (χ1v) is 12.5. The summed E-state index contributed by atoms with van der Waals surface area (Å²) in [5.74, 6) is -0.133. The minimum absolute atomic E-state index is 0.0616. The molecule has 2 aliphatic rings. The number of morpholine rings is 1. The first-order chi connectivity index (χ1) is 17.0. The average molecular weight is 484 g/mol. The summed E-state index contributed by atoms with van der Waals surface area (Å²) in [6.07, 6.45) is 6.04. The largest absolute Gasteiger partial charge is 0.490 e. The molecule has 1 aliphatic carbocycles. The second kappa shape index (κ2) is 12.7. The van der Waals surface area contributed by atoms with Gasteiger partial charge in [-0.1, -0.05) is 12.1 Å². The quantitative estimate of drug-likeness (QED) is 0.524. The van der Waals surface area contributed by atoms with Crippen molar-refractivity contribution in [2.75, 3.05) is 43.5 Å². The van der Waals surface area contributed by atoms with Crippen LogP contribution in [0, 0.1) is 5.82 Å². The van der Waals surface area contributed by atoms with Crippen LogP contribution in [0.4, 0.5) is 15.8 Å². The van der Waals surface area contributed by atoms with Crippen molar-refractivity contribution in [1.29, 1.82) is 0 Å². The highest BCUT2D eigenvalue weighted by molar-refractivity contribution is 5.94. The van der Waals surface area contributed by atoms with Crippen LogP contribution in [-0.4, -0.2) is 55.7 Å². The van der Waals surface area contributed by atoms with Gasteiger partial charge in [-0.05, 0) is 68.0 Å². The van der Waals surface area contributed by atoms with Crippen molar-refractivity contribution in [2.45, 2.75) is 51.0 Å².